The Hall–Kier alpha value is -3.08. The molecular formula is C20H18O5. The molecule has 0 unspecified atom stereocenters. The van der Waals surface area contributed by atoms with Crippen molar-refractivity contribution in [2.24, 2.45) is 0 Å². The van der Waals surface area contributed by atoms with Gasteiger partial charge in [0, 0.05) is 12.5 Å². The monoisotopic (exact) mass is 338 g/mol. The number of benzene rings is 2. The van der Waals surface area contributed by atoms with E-state index in [1.54, 1.807) is 19.1 Å². The van der Waals surface area contributed by atoms with Crippen LogP contribution in [0.4, 0.5) is 0 Å². The van der Waals surface area contributed by atoms with Gasteiger partial charge >= 0.3 is 5.97 Å². The summed E-state index contributed by atoms with van der Waals surface area (Å²) in [5, 5.41) is 0.359. The van der Waals surface area contributed by atoms with E-state index in [9.17, 15) is 9.59 Å². The lowest BCUT2D eigenvalue weighted by Gasteiger charge is -2.08. The van der Waals surface area contributed by atoms with E-state index in [0.717, 1.165) is 11.1 Å². The van der Waals surface area contributed by atoms with Crippen molar-refractivity contribution < 1.29 is 18.7 Å². The van der Waals surface area contributed by atoms with Gasteiger partial charge in [-0.05, 0) is 49.2 Å². The minimum Gasteiger partial charge on any atom is -0.460 e. The maximum Gasteiger partial charge on any atom is 0.310 e. The summed E-state index contributed by atoms with van der Waals surface area (Å²) in [7, 11) is 0. The number of hydrogen-bond donors (Lipinski definition) is 0. The molecule has 0 saturated carbocycles. The summed E-state index contributed by atoms with van der Waals surface area (Å²) in [6, 6.07) is 10.4. The lowest BCUT2D eigenvalue weighted by Crippen LogP contribution is -2.07. The molecule has 0 spiro atoms. The zero-order valence-electron chi connectivity index (χ0n) is 14.3. The van der Waals surface area contributed by atoms with Gasteiger partial charge in [0.05, 0.1) is 5.39 Å². The predicted octanol–water partition coefficient (Wildman–Crippen LogP) is 4.52. The molecule has 2 aromatic carbocycles. The molecule has 0 fully saturated rings. The Balaban J connectivity index is 1.95. The van der Waals surface area contributed by atoms with Crippen LogP contribution in [-0.4, -0.2) is 5.97 Å². The molecule has 128 valence electrons. The van der Waals surface area contributed by atoms with Gasteiger partial charge in [-0.25, -0.2) is 0 Å². The van der Waals surface area contributed by atoms with Crippen LogP contribution in [0.1, 0.15) is 24.5 Å². The Morgan fingerprint density at radius 2 is 1.76 bits per heavy atom. The second kappa shape index (κ2) is 6.81. The lowest BCUT2D eigenvalue weighted by molar-refractivity contribution is -0.134. The van der Waals surface area contributed by atoms with Crippen molar-refractivity contribution in [3.8, 4) is 17.2 Å². The summed E-state index contributed by atoms with van der Waals surface area (Å²) in [6.07, 6.45) is 1.54. The lowest BCUT2D eigenvalue weighted by atomic mass is 10.1. The summed E-state index contributed by atoms with van der Waals surface area (Å²) in [5.74, 6) is 0.676. The Kier molecular flexibility index (Phi) is 4.57. The first kappa shape index (κ1) is 16.8. The van der Waals surface area contributed by atoms with Crippen LogP contribution in [0, 0.1) is 13.8 Å². The molecule has 25 heavy (non-hydrogen) atoms. The highest BCUT2D eigenvalue weighted by Gasteiger charge is 2.11. The fraction of sp³-hybridized carbons (Fsp3) is 0.200. The van der Waals surface area contributed by atoms with E-state index in [1.807, 2.05) is 32.0 Å². The van der Waals surface area contributed by atoms with Crippen molar-refractivity contribution >= 4 is 16.9 Å². The second-order valence-corrected chi connectivity index (χ2v) is 5.84. The molecule has 0 amide bonds. The Bertz CT molecular complexity index is 980. The van der Waals surface area contributed by atoms with Gasteiger partial charge in [0.2, 0.25) is 11.2 Å². The topological polar surface area (TPSA) is 65.7 Å². The van der Waals surface area contributed by atoms with Crippen molar-refractivity contribution in [3.63, 3.8) is 0 Å². The van der Waals surface area contributed by atoms with E-state index in [2.05, 4.69) is 0 Å². The molecule has 5 nitrogen and oxygen atoms in total. The van der Waals surface area contributed by atoms with Crippen LogP contribution >= 0.6 is 0 Å². The SMILES string of the molecule is CCC(=O)Oc1ccc2c(=O)c(Oc3cc(C)cc(C)c3)coc2c1. The molecule has 0 atom stereocenters. The minimum absolute atomic E-state index is 0.107. The van der Waals surface area contributed by atoms with E-state index in [-0.39, 0.29) is 23.6 Å². The van der Waals surface area contributed by atoms with Crippen molar-refractivity contribution in [2.45, 2.75) is 27.2 Å². The summed E-state index contributed by atoms with van der Waals surface area (Å²) >= 11 is 0. The Labute approximate surface area is 144 Å². The molecule has 0 aliphatic carbocycles. The number of fused-ring (bicyclic) bond motifs is 1. The predicted molar refractivity (Wildman–Crippen MR) is 94.4 cm³/mol. The number of carbonyl (C=O) groups excluding carboxylic acids is 1. The first-order valence-electron chi connectivity index (χ1n) is 7.98. The standard InChI is InChI=1S/C20H18O5/c1-4-19(21)25-14-5-6-16-17(10-14)23-11-18(20(16)22)24-15-8-12(2)7-13(3)9-15/h5-11H,4H2,1-3H3. The third-order valence-electron chi connectivity index (χ3n) is 3.66. The molecule has 5 heteroatoms. The Morgan fingerprint density at radius 3 is 2.44 bits per heavy atom. The fourth-order valence-corrected chi connectivity index (χ4v) is 2.55. The highest BCUT2D eigenvalue weighted by molar-refractivity contribution is 5.80. The van der Waals surface area contributed by atoms with E-state index in [0.29, 0.717) is 22.5 Å². The smallest absolute Gasteiger partial charge is 0.310 e. The van der Waals surface area contributed by atoms with Gasteiger partial charge in [0.1, 0.15) is 23.3 Å². The van der Waals surface area contributed by atoms with Crippen molar-refractivity contribution in [1.29, 1.82) is 0 Å². The normalized spacial score (nSPS) is 10.7. The van der Waals surface area contributed by atoms with Crippen LogP contribution in [-0.2, 0) is 4.79 Å². The van der Waals surface area contributed by atoms with E-state index < -0.39 is 0 Å². The average Bonchev–Trinajstić information content (AvgIpc) is 2.56. The van der Waals surface area contributed by atoms with Gasteiger partial charge in [-0.3, -0.25) is 9.59 Å². The number of hydrogen-bond acceptors (Lipinski definition) is 5. The zero-order valence-corrected chi connectivity index (χ0v) is 14.3. The van der Waals surface area contributed by atoms with E-state index in [4.69, 9.17) is 13.9 Å². The molecule has 3 rings (SSSR count). The van der Waals surface area contributed by atoms with Crippen LogP contribution < -0.4 is 14.9 Å². The van der Waals surface area contributed by atoms with E-state index in [1.165, 1.54) is 12.3 Å². The molecule has 3 aromatic rings. The molecule has 0 N–H and O–H groups in total. The van der Waals surface area contributed by atoms with Gasteiger partial charge in [0.15, 0.2) is 0 Å². The maximum absolute atomic E-state index is 12.6. The van der Waals surface area contributed by atoms with E-state index >= 15 is 0 Å². The molecule has 0 saturated heterocycles. The van der Waals surface area contributed by atoms with Crippen molar-refractivity contribution in [3.05, 3.63) is 64.0 Å². The van der Waals surface area contributed by atoms with Crippen molar-refractivity contribution in [1.82, 2.24) is 0 Å². The van der Waals surface area contributed by atoms with Gasteiger partial charge in [-0.2, -0.15) is 0 Å². The summed E-state index contributed by atoms with van der Waals surface area (Å²) < 4.78 is 16.3. The van der Waals surface area contributed by atoms with Crippen LogP contribution in [0.5, 0.6) is 17.2 Å². The minimum atomic E-state index is -0.350. The second-order valence-electron chi connectivity index (χ2n) is 5.84. The molecule has 1 heterocycles. The Morgan fingerprint density at radius 1 is 1.04 bits per heavy atom. The molecule has 1 aromatic heterocycles. The summed E-state index contributed by atoms with van der Waals surface area (Å²) in [4.78, 5) is 24.0. The van der Waals surface area contributed by atoms with Gasteiger partial charge in [0.25, 0.3) is 0 Å². The molecule has 0 bridgehead atoms. The highest BCUT2D eigenvalue weighted by atomic mass is 16.5. The third kappa shape index (κ3) is 3.71. The average molecular weight is 338 g/mol. The van der Waals surface area contributed by atoms with Crippen LogP contribution in [0.25, 0.3) is 11.0 Å². The van der Waals surface area contributed by atoms with Crippen LogP contribution in [0.15, 0.2) is 51.9 Å². The molecule has 0 aliphatic rings. The summed E-state index contributed by atoms with van der Waals surface area (Å²) in [5.41, 5.74) is 2.14. The first-order chi connectivity index (χ1) is 12.0. The molecular weight excluding hydrogens is 320 g/mol. The largest absolute Gasteiger partial charge is 0.460 e. The number of carbonyl (C=O) groups is 1. The third-order valence-corrected chi connectivity index (χ3v) is 3.66. The highest BCUT2D eigenvalue weighted by Crippen LogP contribution is 2.25. The van der Waals surface area contributed by atoms with Gasteiger partial charge in [-0.15, -0.1) is 0 Å². The maximum atomic E-state index is 12.6. The molecule has 0 radical (unpaired) electrons. The number of aryl methyl sites for hydroxylation is 2. The zero-order chi connectivity index (χ0) is 18.0. The molecule has 0 aliphatic heterocycles. The van der Waals surface area contributed by atoms with Crippen LogP contribution in [0.3, 0.4) is 0 Å². The number of ether oxygens (including phenoxy) is 2. The summed E-state index contributed by atoms with van der Waals surface area (Å²) in [6.45, 7) is 5.63. The van der Waals surface area contributed by atoms with Crippen molar-refractivity contribution in [2.75, 3.05) is 0 Å². The van der Waals surface area contributed by atoms with Gasteiger partial charge in [-0.1, -0.05) is 13.0 Å². The number of esters is 1. The van der Waals surface area contributed by atoms with Gasteiger partial charge < -0.3 is 13.9 Å². The van der Waals surface area contributed by atoms with Crippen LogP contribution in [0.2, 0.25) is 0 Å². The fourth-order valence-electron chi connectivity index (χ4n) is 2.55. The quantitative estimate of drug-likeness (QED) is 0.517. The number of rotatable bonds is 4. The first-order valence-corrected chi connectivity index (χ1v) is 7.98.